The molecule has 0 radical (unpaired) electrons. The molecule has 0 spiro atoms. The number of aryl methyl sites for hydroxylation is 1. The molecule has 1 aromatic carbocycles. The van der Waals surface area contributed by atoms with Crippen molar-refractivity contribution in [3.63, 3.8) is 0 Å². The molecule has 1 aliphatic heterocycles. The van der Waals surface area contributed by atoms with Crippen LogP contribution in [0.4, 0.5) is 0 Å². The van der Waals surface area contributed by atoms with Crippen molar-refractivity contribution < 1.29 is 14.3 Å². The van der Waals surface area contributed by atoms with Crippen LogP contribution in [0, 0.1) is 6.92 Å². The maximum atomic E-state index is 11.9. The summed E-state index contributed by atoms with van der Waals surface area (Å²) in [7, 11) is 1.63. The second-order valence-electron chi connectivity index (χ2n) is 4.94. The van der Waals surface area contributed by atoms with E-state index in [1.165, 1.54) is 0 Å². The Morgan fingerprint density at radius 2 is 1.96 bits per heavy atom. The first-order chi connectivity index (χ1) is 11.2. The average Bonchev–Trinajstić information content (AvgIpc) is 3.12. The highest BCUT2D eigenvalue weighted by Crippen LogP contribution is 2.22. The molecule has 0 amide bonds. The SMILES string of the molecule is COc1ccc(/C=C/C2=NC(=C\c3sccc3C)/C(=O)O2)cc1. The molecule has 0 N–H and O–H groups in total. The highest BCUT2D eigenvalue weighted by atomic mass is 32.1. The minimum absolute atomic E-state index is 0.297. The van der Waals surface area contributed by atoms with E-state index in [2.05, 4.69) is 4.99 Å². The zero-order valence-electron chi connectivity index (χ0n) is 12.8. The van der Waals surface area contributed by atoms with Gasteiger partial charge in [0.05, 0.1) is 7.11 Å². The first kappa shape index (κ1) is 15.2. The lowest BCUT2D eigenvalue weighted by Crippen LogP contribution is -2.01. The molecule has 0 aliphatic carbocycles. The van der Waals surface area contributed by atoms with E-state index in [4.69, 9.17) is 9.47 Å². The fraction of sp³-hybridized carbons (Fsp3) is 0.111. The summed E-state index contributed by atoms with van der Waals surface area (Å²) in [6, 6.07) is 9.57. The number of carbonyl (C=O) groups is 1. The van der Waals surface area contributed by atoms with Gasteiger partial charge in [-0.3, -0.25) is 0 Å². The van der Waals surface area contributed by atoms with E-state index in [9.17, 15) is 4.79 Å². The maximum Gasteiger partial charge on any atom is 0.363 e. The largest absolute Gasteiger partial charge is 0.497 e. The highest BCUT2D eigenvalue weighted by molar-refractivity contribution is 7.11. The Balaban J connectivity index is 1.77. The van der Waals surface area contributed by atoms with Crippen molar-refractivity contribution >= 4 is 35.4 Å². The van der Waals surface area contributed by atoms with Gasteiger partial charge in [0.2, 0.25) is 5.90 Å². The number of nitrogens with zero attached hydrogens (tertiary/aromatic N) is 1. The van der Waals surface area contributed by atoms with Gasteiger partial charge in [0, 0.05) is 11.0 Å². The van der Waals surface area contributed by atoms with Gasteiger partial charge in [-0.05, 0) is 53.8 Å². The zero-order chi connectivity index (χ0) is 16.2. The van der Waals surface area contributed by atoms with Crippen LogP contribution in [-0.2, 0) is 9.53 Å². The van der Waals surface area contributed by atoms with E-state index < -0.39 is 5.97 Å². The van der Waals surface area contributed by atoms with Gasteiger partial charge in [-0.1, -0.05) is 12.1 Å². The summed E-state index contributed by atoms with van der Waals surface area (Å²) >= 11 is 1.57. The molecule has 0 atom stereocenters. The van der Waals surface area contributed by atoms with Crippen LogP contribution in [0.15, 0.2) is 52.5 Å². The van der Waals surface area contributed by atoms with Gasteiger partial charge in [-0.15, -0.1) is 11.3 Å². The number of rotatable bonds is 4. The van der Waals surface area contributed by atoms with Gasteiger partial charge in [0.1, 0.15) is 5.75 Å². The molecule has 4 nitrogen and oxygen atoms in total. The summed E-state index contributed by atoms with van der Waals surface area (Å²) in [6.45, 7) is 2.00. The fourth-order valence-corrected chi connectivity index (χ4v) is 2.89. The summed E-state index contributed by atoms with van der Waals surface area (Å²) in [5, 5.41) is 1.98. The number of hydrogen-bond donors (Lipinski definition) is 0. The molecule has 0 bridgehead atoms. The smallest absolute Gasteiger partial charge is 0.363 e. The highest BCUT2D eigenvalue weighted by Gasteiger charge is 2.21. The number of thiophene rings is 1. The first-order valence-electron chi connectivity index (χ1n) is 7.04. The van der Waals surface area contributed by atoms with Crippen molar-refractivity contribution in [2.24, 2.45) is 4.99 Å². The van der Waals surface area contributed by atoms with Crippen molar-refractivity contribution in [1.82, 2.24) is 0 Å². The lowest BCUT2D eigenvalue weighted by Gasteiger charge is -1.98. The van der Waals surface area contributed by atoms with Crippen molar-refractivity contribution in [1.29, 1.82) is 0 Å². The average molecular weight is 325 g/mol. The number of carbonyl (C=O) groups excluding carboxylic acids is 1. The van der Waals surface area contributed by atoms with Crippen LogP contribution in [0.25, 0.3) is 12.2 Å². The van der Waals surface area contributed by atoms with Crippen molar-refractivity contribution in [3.8, 4) is 5.75 Å². The number of aliphatic imine (C=N–C) groups is 1. The van der Waals surface area contributed by atoms with E-state index in [0.29, 0.717) is 11.6 Å². The molecule has 0 unspecified atom stereocenters. The lowest BCUT2D eigenvalue weighted by molar-refractivity contribution is -0.129. The maximum absolute atomic E-state index is 11.9. The summed E-state index contributed by atoms with van der Waals surface area (Å²) in [5.41, 5.74) is 2.41. The van der Waals surface area contributed by atoms with Crippen molar-refractivity contribution in [3.05, 3.63) is 63.5 Å². The van der Waals surface area contributed by atoms with Gasteiger partial charge < -0.3 is 9.47 Å². The number of esters is 1. The summed E-state index contributed by atoms with van der Waals surface area (Å²) in [5.74, 6) is 0.668. The van der Waals surface area contributed by atoms with Crippen LogP contribution in [0.1, 0.15) is 16.0 Å². The number of ether oxygens (including phenoxy) is 2. The minimum atomic E-state index is -0.424. The van der Waals surface area contributed by atoms with Crippen LogP contribution in [0.2, 0.25) is 0 Å². The Hall–Kier alpha value is -2.66. The van der Waals surface area contributed by atoms with Crippen LogP contribution in [0.3, 0.4) is 0 Å². The Morgan fingerprint density at radius 1 is 1.17 bits per heavy atom. The molecule has 0 saturated carbocycles. The zero-order valence-corrected chi connectivity index (χ0v) is 13.6. The van der Waals surface area contributed by atoms with Crippen LogP contribution >= 0.6 is 11.3 Å². The Labute approximate surface area is 138 Å². The summed E-state index contributed by atoms with van der Waals surface area (Å²) < 4.78 is 10.3. The second kappa shape index (κ2) is 6.62. The number of hydrogen-bond acceptors (Lipinski definition) is 5. The van der Waals surface area contributed by atoms with E-state index in [1.807, 2.05) is 48.7 Å². The number of benzene rings is 1. The standard InChI is InChI=1S/C18H15NO3S/c1-12-9-10-23-16(12)11-15-18(20)22-17(19-15)8-5-13-3-6-14(21-2)7-4-13/h3-11H,1-2H3/b8-5+,15-11-. The van der Waals surface area contributed by atoms with Crippen LogP contribution in [0.5, 0.6) is 5.75 Å². The van der Waals surface area contributed by atoms with Crippen molar-refractivity contribution in [2.75, 3.05) is 7.11 Å². The molecule has 0 saturated heterocycles. The molecule has 1 aliphatic rings. The summed E-state index contributed by atoms with van der Waals surface area (Å²) in [4.78, 5) is 17.1. The molecular weight excluding hydrogens is 310 g/mol. The first-order valence-corrected chi connectivity index (χ1v) is 7.92. The summed E-state index contributed by atoms with van der Waals surface area (Å²) in [6.07, 6.45) is 5.28. The molecule has 3 rings (SSSR count). The van der Waals surface area contributed by atoms with E-state index in [1.54, 1.807) is 30.6 Å². The number of cyclic esters (lactones) is 1. The predicted molar refractivity (Wildman–Crippen MR) is 92.6 cm³/mol. The van der Waals surface area contributed by atoms with Crippen molar-refractivity contribution in [2.45, 2.75) is 6.92 Å². The third kappa shape index (κ3) is 3.57. The van der Waals surface area contributed by atoms with Crippen LogP contribution < -0.4 is 4.74 Å². The Bertz CT molecular complexity index is 813. The minimum Gasteiger partial charge on any atom is -0.497 e. The van der Waals surface area contributed by atoms with Gasteiger partial charge in [0.15, 0.2) is 5.70 Å². The second-order valence-corrected chi connectivity index (χ2v) is 5.89. The normalized spacial score (nSPS) is 16.0. The number of methoxy groups -OCH3 is 1. The van der Waals surface area contributed by atoms with E-state index in [-0.39, 0.29) is 0 Å². The Kier molecular flexibility index (Phi) is 4.39. The van der Waals surface area contributed by atoms with Gasteiger partial charge in [-0.25, -0.2) is 9.79 Å². The van der Waals surface area contributed by atoms with Crippen LogP contribution in [-0.4, -0.2) is 19.0 Å². The molecule has 1 aromatic heterocycles. The monoisotopic (exact) mass is 325 g/mol. The molecule has 0 fully saturated rings. The molecule has 2 aromatic rings. The quantitative estimate of drug-likeness (QED) is 0.629. The van der Waals surface area contributed by atoms with E-state index >= 15 is 0 Å². The molecular formula is C18H15NO3S. The molecule has 2 heterocycles. The fourth-order valence-electron chi connectivity index (χ4n) is 2.04. The Morgan fingerprint density at radius 3 is 2.61 bits per heavy atom. The lowest BCUT2D eigenvalue weighted by atomic mass is 10.2. The molecule has 116 valence electrons. The molecule has 23 heavy (non-hydrogen) atoms. The van der Waals surface area contributed by atoms with Gasteiger partial charge >= 0.3 is 5.97 Å². The third-order valence-corrected chi connectivity index (χ3v) is 4.31. The van der Waals surface area contributed by atoms with E-state index in [0.717, 1.165) is 21.8 Å². The predicted octanol–water partition coefficient (Wildman–Crippen LogP) is 4.07. The van der Waals surface area contributed by atoms with Gasteiger partial charge in [0.25, 0.3) is 0 Å². The topological polar surface area (TPSA) is 47.9 Å². The third-order valence-electron chi connectivity index (χ3n) is 3.34. The van der Waals surface area contributed by atoms with Gasteiger partial charge in [-0.2, -0.15) is 0 Å². The molecule has 5 heteroatoms.